The van der Waals surface area contributed by atoms with Crippen LogP contribution in [0.5, 0.6) is 0 Å². The molecule has 0 radical (unpaired) electrons. The molecule has 0 aromatic carbocycles. The van der Waals surface area contributed by atoms with E-state index in [-0.39, 0.29) is 40.0 Å². The summed E-state index contributed by atoms with van der Waals surface area (Å²) in [7, 11) is 0. The van der Waals surface area contributed by atoms with Gasteiger partial charge < -0.3 is 16.9 Å². The van der Waals surface area contributed by atoms with Gasteiger partial charge in [0.2, 0.25) is 0 Å². The second-order valence-corrected chi connectivity index (χ2v) is 2.51. The minimum absolute atomic E-state index is 0. The van der Waals surface area contributed by atoms with Gasteiger partial charge in [0, 0.05) is 13.1 Å². The van der Waals surface area contributed by atoms with Crippen molar-refractivity contribution in [3.05, 3.63) is 5.53 Å². The molecule has 0 aliphatic carbocycles. The number of hydrogen-bond donors (Lipinski definition) is 3. The first-order valence-corrected chi connectivity index (χ1v) is 4.05. The van der Waals surface area contributed by atoms with E-state index in [9.17, 15) is 0 Å². The largest absolute Gasteiger partial charge is 1.00 e. The molecule has 6 N–H and O–H groups in total. The van der Waals surface area contributed by atoms with Crippen molar-refractivity contribution < 1.29 is 45.2 Å². The molecule has 0 fully saturated rings. The summed E-state index contributed by atoms with van der Waals surface area (Å²) in [6, 6.07) is 0. The second-order valence-electron chi connectivity index (χ2n) is 2.51. The Morgan fingerprint density at radius 3 is 1.71 bits per heavy atom. The van der Waals surface area contributed by atoms with Gasteiger partial charge >= 0.3 is 29.6 Å². The van der Waals surface area contributed by atoms with Gasteiger partial charge in [-0.2, -0.15) is 0 Å². The van der Waals surface area contributed by atoms with E-state index >= 15 is 0 Å². The van der Waals surface area contributed by atoms with Crippen LogP contribution in [0.25, 0.3) is 5.53 Å². The molecule has 0 amide bonds. The fourth-order valence-electron chi connectivity index (χ4n) is 0.838. The fourth-order valence-corrected chi connectivity index (χ4v) is 0.838. The van der Waals surface area contributed by atoms with Crippen molar-refractivity contribution in [2.75, 3.05) is 26.2 Å². The molecule has 7 nitrogen and oxygen atoms in total. The van der Waals surface area contributed by atoms with E-state index in [1.54, 1.807) is 0 Å². The summed E-state index contributed by atoms with van der Waals surface area (Å²) in [6.07, 6.45) is 1.45. The van der Waals surface area contributed by atoms with Crippen molar-refractivity contribution in [2.24, 2.45) is 11.5 Å². The molecule has 0 heterocycles. The molecule has 0 saturated carbocycles. The number of hydrogen-bond acceptors (Lipinski definition) is 3. The van der Waals surface area contributed by atoms with Crippen LogP contribution in [0.3, 0.4) is 0 Å². The average molecular weight is 215 g/mol. The first-order valence-electron chi connectivity index (χ1n) is 4.05. The minimum Gasteiger partial charge on any atom is -0.870 e. The van der Waals surface area contributed by atoms with Gasteiger partial charge in [-0.25, -0.2) is 5.01 Å². The molecule has 0 saturated heterocycles. The third-order valence-electron chi connectivity index (χ3n) is 1.49. The summed E-state index contributed by atoms with van der Waals surface area (Å²) < 4.78 is 0. The van der Waals surface area contributed by atoms with Crippen molar-refractivity contribution in [3.8, 4) is 0 Å². The van der Waals surface area contributed by atoms with E-state index in [0.717, 1.165) is 12.8 Å². The van der Waals surface area contributed by atoms with Crippen LogP contribution >= 0.6 is 0 Å². The zero-order valence-corrected chi connectivity index (χ0v) is 10.6. The predicted octanol–water partition coefficient (Wildman–Crippen LogP) is -3.85. The molecule has 0 aromatic rings. The molecule has 0 spiro atoms. The molecule has 0 aromatic heterocycles. The summed E-state index contributed by atoms with van der Waals surface area (Å²) in [5.74, 6) is 0. The zero-order valence-electron chi connectivity index (χ0n) is 8.63. The maximum atomic E-state index is 8.70. The molecule has 0 bridgehead atoms. The third-order valence-corrected chi connectivity index (χ3v) is 1.49. The van der Waals surface area contributed by atoms with E-state index < -0.39 is 0 Å². The molecule has 80 valence electrons. The van der Waals surface area contributed by atoms with Crippen LogP contribution in [0.15, 0.2) is 0 Å². The zero-order chi connectivity index (χ0) is 9.40. The van der Waals surface area contributed by atoms with Gasteiger partial charge in [-0.15, -0.1) is 0 Å². The monoisotopic (exact) mass is 215 g/mol. The quantitative estimate of drug-likeness (QED) is 0.173. The number of rotatable bonds is 7. The maximum Gasteiger partial charge on any atom is 1.00 e. The van der Waals surface area contributed by atoms with Crippen LogP contribution in [0.1, 0.15) is 12.8 Å². The van der Waals surface area contributed by atoms with Crippen LogP contribution in [-0.2, 0) is 0 Å². The Labute approximate surface area is 106 Å². The van der Waals surface area contributed by atoms with Gasteiger partial charge in [0.15, 0.2) is 0 Å². The molecular formula is C6H18N5NaO2. The maximum absolute atomic E-state index is 8.70. The van der Waals surface area contributed by atoms with Crippen LogP contribution in [0.4, 0.5) is 0 Å². The second kappa shape index (κ2) is 13.1. The van der Waals surface area contributed by atoms with Crippen LogP contribution in [0, 0.1) is 0 Å². The molecule has 0 aliphatic rings. The standard InChI is InChI=1S/C6H17N5O.Na.H2O/c7-3-1-5-10(11(9)12)6-2-4-8;;/h12H,1-8H2;;1H2/q;+1;/p-1. The third kappa shape index (κ3) is 10.2. The number of nitrogens with zero attached hydrogens (tertiary/aromatic N) is 3. The molecule has 0 rings (SSSR count). The smallest absolute Gasteiger partial charge is 0.870 e. The Morgan fingerprint density at radius 1 is 1.14 bits per heavy atom. The van der Waals surface area contributed by atoms with Crippen molar-refractivity contribution >= 4 is 0 Å². The summed E-state index contributed by atoms with van der Waals surface area (Å²) in [6.45, 7) is 2.13. The van der Waals surface area contributed by atoms with E-state index in [0.29, 0.717) is 26.2 Å². The van der Waals surface area contributed by atoms with Crippen LogP contribution in [-0.4, -0.2) is 46.8 Å². The molecule has 0 aliphatic heterocycles. The van der Waals surface area contributed by atoms with Crippen LogP contribution in [0.2, 0.25) is 0 Å². The van der Waals surface area contributed by atoms with Crippen molar-refractivity contribution in [2.45, 2.75) is 12.8 Å². The Bertz CT molecular complexity index is 129. The van der Waals surface area contributed by atoms with Gasteiger partial charge in [0.05, 0.1) is 4.97 Å². The van der Waals surface area contributed by atoms with E-state index in [1.165, 1.54) is 5.01 Å². The van der Waals surface area contributed by atoms with E-state index in [4.69, 9.17) is 22.2 Å². The predicted molar refractivity (Wildman–Crippen MR) is 46.3 cm³/mol. The summed E-state index contributed by atoms with van der Waals surface area (Å²) in [4.78, 5) is 0.103. The molecule has 0 unspecified atom stereocenters. The SMILES string of the molecule is [N-]=[N+](O)N(CCCN)CCCN.[Na+].[OH-]. The molecule has 8 heteroatoms. The normalized spacial score (nSPS) is 8.43. The Morgan fingerprint density at radius 2 is 1.50 bits per heavy atom. The van der Waals surface area contributed by atoms with Gasteiger partial charge in [0.1, 0.15) is 0 Å². The summed E-state index contributed by atoms with van der Waals surface area (Å²) >= 11 is 0. The fraction of sp³-hybridized carbons (Fsp3) is 1.00. The van der Waals surface area contributed by atoms with Gasteiger partial charge in [0.25, 0.3) is 0 Å². The number of nitrogens with two attached hydrogens (primary N) is 2. The topological polar surface area (TPSA) is 131 Å². The van der Waals surface area contributed by atoms with E-state index in [1.807, 2.05) is 0 Å². The minimum atomic E-state index is 0. The van der Waals surface area contributed by atoms with Crippen molar-refractivity contribution in [1.29, 1.82) is 0 Å². The van der Waals surface area contributed by atoms with Crippen molar-refractivity contribution in [1.82, 2.24) is 5.01 Å². The molecule has 14 heavy (non-hydrogen) atoms. The summed E-state index contributed by atoms with van der Waals surface area (Å²) in [5.41, 5.74) is 19.2. The molecule has 0 atom stereocenters. The first-order chi connectivity index (χ1) is 5.72. The molecular weight excluding hydrogens is 197 g/mol. The average Bonchev–Trinajstić information content (AvgIpc) is 2.04. The van der Waals surface area contributed by atoms with Gasteiger partial charge in [-0.3, -0.25) is 5.21 Å². The summed E-state index contributed by atoms with van der Waals surface area (Å²) in [5, 5.41) is 10.1. The Kier molecular flexibility index (Phi) is 18.3. The van der Waals surface area contributed by atoms with Gasteiger partial charge in [-0.05, 0) is 25.9 Å². The van der Waals surface area contributed by atoms with Gasteiger partial charge in [-0.1, -0.05) is 5.53 Å². The number of hydrazine groups is 1. The Balaban J connectivity index is -0.000000605. The van der Waals surface area contributed by atoms with Crippen molar-refractivity contribution in [3.63, 3.8) is 0 Å². The first kappa shape index (κ1) is 19.6. The van der Waals surface area contributed by atoms with Crippen LogP contribution < -0.4 is 41.0 Å². The van der Waals surface area contributed by atoms with E-state index in [2.05, 4.69) is 0 Å². The Hall–Kier alpha value is 0.0800.